The fraction of sp³-hybridized carbons (Fsp3) is 0.120. The molecule has 1 aliphatic heterocycles. The third-order valence-electron chi connectivity index (χ3n) is 5.03. The summed E-state index contributed by atoms with van der Waals surface area (Å²) >= 11 is 1.33. The molecule has 2 N–H and O–H groups in total. The second-order valence-electron chi connectivity index (χ2n) is 7.52. The maximum atomic E-state index is 12.5. The number of carbonyl (C=O) groups is 2. The van der Waals surface area contributed by atoms with Crippen molar-refractivity contribution in [3.8, 4) is 11.5 Å². The Balaban J connectivity index is 1.14. The number of amides is 2. The van der Waals surface area contributed by atoms with Gasteiger partial charge in [-0.15, -0.1) is 0 Å². The van der Waals surface area contributed by atoms with Gasteiger partial charge in [0.05, 0.1) is 22.5 Å². The van der Waals surface area contributed by atoms with E-state index in [0.29, 0.717) is 22.9 Å². The molecule has 3 aromatic carbocycles. The van der Waals surface area contributed by atoms with Crippen LogP contribution in [0.25, 0.3) is 11.0 Å². The summed E-state index contributed by atoms with van der Waals surface area (Å²) in [6, 6.07) is 24.3. The molecule has 33 heavy (non-hydrogen) atoms. The molecule has 1 aliphatic rings. The number of thioether (sulfide) groups is 1. The first-order chi connectivity index (χ1) is 16.1. The smallest absolute Gasteiger partial charge is 0.260 e. The lowest BCUT2D eigenvalue weighted by Crippen LogP contribution is -2.21. The Labute approximate surface area is 194 Å². The quantitative estimate of drug-likeness (QED) is 0.409. The van der Waals surface area contributed by atoms with E-state index in [1.807, 2.05) is 54.6 Å². The number of nitrogens with one attached hydrogen (secondary N) is 2. The molecule has 1 aromatic heterocycles. The molecule has 0 radical (unpaired) electrons. The van der Waals surface area contributed by atoms with Crippen molar-refractivity contribution in [3.05, 3.63) is 84.7 Å². The largest absolute Gasteiger partial charge is 0.457 e. The van der Waals surface area contributed by atoms with Crippen molar-refractivity contribution in [1.82, 2.24) is 9.97 Å². The van der Waals surface area contributed by atoms with Crippen LogP contribution < -0.4 is 10.1 Å². The van der Waals surface area contributed by atoms with E-state index < -0.39 is 5.25 Å². The number of nitrogens with zero attached hydrogens (tertiary/aromatic N) is 2. The summed E-state index contributed by atoms with van der Waals surface area (Å²) in [4.78, 5) is 36.7. The summed E-state index contributed by atoms with van der Waals surface area (Å²) < 4.78 is 5.76. The summed E-state index contributed by atoms with van der Waals surface area (Å²) in [7, 11) is 0. The van der Waals surface area contributed by atoms with E-state index in [-0.39, 0.29) is 18.2 Å². The molecule has 0 spiro atoms. The Morgan fingerprint density at radius 1 is 0.970 bits per heavy atom. The molecule has 0 saturated carbocycles. The van der Waals surface area contributed by atoms with Crippen LogP contribution >= 0.6 is 11.8 Å². The highest BCUT2D eigenvalue weighted by atomic mass is 32.2. The highest BCUT2D eigenvalue weighted by Gasteiger charge is 2.30. The van der Waals surface area contributed by atoms with Gasteiger partial charge in [-0.3, -0.25) is 9.59 Å². The molecule has 0 aliphatic carbocycles. The summed E-state index contributed by atoms with van der Waals surface area (Å²) in [6.45, 7) is 0. The lowest BCUT2D eigenvalue weighted by atomic mass is 10.2. The molecule has 0 fully saturated rings. The van der Waals surface area contributed by atoms with Gasteiger partial charge in [0, 0.05) is 12.1 Å². The lowest BCUT2D eigenvalue weighted by Gasteiger charge is -2.10. The SMILES string of the molecule is O=C(C[C@H]1SC(Cc2nc3ccccc3[nH]2)=NC1=O)Nc1ccc(Oc2ccccc2)cc1. The van der Waals surface area contributed by atoms with E-state index in [1.165, 1.54) is 11.8 Å². The average Bonchev–Trinajstić information content (AvgIpc) is 3.38. The van der Waals surface area contributed by atoms with Gasteiger partial charge in [0.25, 0.3) is 5.91 Å². The highest BCUT2D eigenvalue weighted by molar-refractivity contribution is 8.15. The van der Waals surface area contributed by atoms with Crippen LogP contribution in [-0.2, 0) is 16.0 Å². The molecular weight excluding hydrogens is 436 g/mol. The number of benzene rings is 3. The number of fused-ring (bicyclic) bond motifs is 1. The van der Waals surface area contributed by atoms with Crippen molar-refractivity contribution < 1.29 is 14.3 Å². The van der Waals surface area contributed by atoms with Crippen LogP contribution in [0.3, 0.4) is 0 Å². The summed E-state index contributed by atoms with van der Waals surface area (Å²) in [6.07, 6.45) is 0.491. The van der Waals surface area contributed by atoms with E-state index in [0.717, 1.165) is 22.6 Å². The van der Waals surface area contributed by atoms with E-state index >= 15 is 0 Å². The van der Waals surface area contributed by atoms with Gasteiger partial charge in [-0.1, -0.05) is 42.1 Å². The van der Waals surface area contributed by atoms with Crippen LogP contribution in [0, 0.1) is 0 Å². The number of imidazole rings is 1. The third kappa shape index (κ3) is 5.12. The predicted molar refractivity (Wildman–Crippen MR) is 130 cm³/mol. The van der Waals surface area contributed by atoms with Gasteiger partial charge in [-0.05, 0) is 48.5 Å². The van der Waals surface area contributed by atoms with Gasteiger partial charge in [0.2, 0.25) is 5.91 Å². The van der Waals surface area contributed by atoms with Crippen LogP contribution in [0.4, 0.5) is 5.69 Å². The molecule has 4 aromatic rings. The van der Waals surface area contributed by atoms with Crippen molar-refractivity contribution in [1.29, 1.82) is 0 Å². The summed E-state index contributed by atoms with van der Waals surface area (Å²) in [5, 5.41) is 2.98. The van der Waals surface area contributed by atoms with E-state index in [4.69, 9.17) is 4.74 Å². The average molecular weight is 457 g/mol. The van der Waals surface area contributed by atoms with Gasteiger partial charge >= 0.3 is 0 Å². The van der Waals surface area contributed by atoms with Crippen LogP contribution in [0.1, 0.15) is 12.2 Å². The van der Waals surface area contributed by atoms with Crippen molar-refractivity contribution in [3.63, 3.8) is 0 Å². The number of rotatable bonds is 7. The number of aromatic amines is 1. The topological polar surface area (TPSA) is 96.4 Å². The van der Waals surface area contributed by atoms with Gasteiger partial charge < -0.3 is 15.0 Å². The maximum absolute atomic E-state index is 12.5. The number of H-pyrrole nitrogens is 1. The van der Waals surface area contributed by atoms with Gasteiger partial charge in [-0.2, -0.15) is 0 Å². The summed E-state index contributed by atoms with van der Waals surface area (Å²) in [5.41, 5.74) is 2.45. The molecular formula is C25H20N4O3S. The number of anilines is 1. The van der Waals surface area contributed by atoms with Crippen LogP contribution in [0.2, 0.25) is 0 Å². The van der Waals surface area contributed by atoms with Gasteiger partial charge in [0.15, 0.2) is 0 Å². The Morgan fingerprint density at radius 2 is 1.70 bits per heavy atom. The number of aliphatic imine (C=N–C) groups is 1. The standard InChI is InChI=1S/C25H20N4O3S/c30-23(26-16-10-12-18(13-11-16)32-17-6-2-1-3-7-17)14-21-25(31)29-24(33-21)15-22-27-19-8-4-5-9-20(19)28-22/h1-13,21H,14-15H2,(H,26,30)(H,27,28)/t21-/m1/s1. The molecule has 2 amide bonds. The molecule has 1 atom stereocenters. The third-order valence-corrected chi connectivity index (χ3v) is 6.19. The number of para-hydroxylation sites is 3. The monoisotopic (exact) mass is 456 g/mol. The fourth-order valence-corrected chi connectivity index (χ4v) is 4.57. The van der Waals surface area contributed by atoms with E-state index in [1.54, 1.807) is 24.3 Å². The molecule has 164 valence electrons. The molecule has 8 heteroatoms. The molecule has 7 nitrogen and oxygen atoms in total. The van der Waals surface area contributed by atoms with Crippen LogP contribution in [0.15, 0.2) is 83.9 Å². The first-order valence-corrected chi connectivity index (χ1v) is 11.3. The van der Waals surface area contributed by atoms with Crippen molar-refractivity contribution >= 4 is 45.3 Å². The molecule has 0 unspecified atom stereocenters. The van der Waals surface area contributed by atoms with Crippen molar-refractivity contribution in [2.75, 3.05) is 5.32 Å². The number of carbonyl (C=O) groups excluding carboxylic acids is 2. The van der Waals surface area contributed by atoms with Gasteiger partial charge in [0.1, 0.15) is 22.6 Å². The zero-order chi connectivity index (χ0) is 22.6. The number of hydrogen-bond acceptors (Lipinski definition) is 5. The van der Waals surface area contributed by atoms with Crippen molar-refractivity contribution in [2.45, 2.75) is 18.1 Å². The first-order valence-electron chi connectivity index (χ1n) is 10.5. The van der Waals surface area contributed by atoms with Crippen molar-refractivity contribution in [2.24, 2.45) is 4.99 Å². The molecule has 5 rings (SSSR count). The Hall–Kier alpha value is -3.91. The number of aromatic nitrogens is 2. The second kappa shape index (κ2) is 9.30. The Morgan fingerprint density at radius 3 is 2.48 bits per heavy atom. The molecule has 2 heterocycles. The highest BCUT2D eigenvalue weighted by Crippen LogP contribution is 2.28. The zero-order valence-corrected chi connectivity index (χ0v) is 18.3. The first kappa shape index (κ1) is 21.0. The number of hydrogen-bond donors (Lipinski definition) is 2. The van der Waals surface area contributed by atoms with E-state index in [9.17, 15) is 9.59 Å². The molecule has 0 bridgehead atoms. The Bertz CT molecular complexity index is 1300. The lowest BCUT2D eigenvalue weighted by molar-refractivity contribution is -0.121. The van der Waals surface area contributed by atoms with Crippen LogP contribution in [-0.4, -0.2) is 32.1 Å². The minimum Gasteiger partial charge on any atom is -0.457 e. The predicted octanol–water partition coefficient (Wildman–Crippen LogP) is 4.97. The van der Waals surface area contributed by atoms with Crippen LogP contribution in [0.5, 0.6) is 11.5 Å². The minimum atomic E-state index is -0.523. The molecule has 0 saturated heterocycles. The van der Waals surface area contributed by atoms with E-state index in [2.05, 4.69) is 20.3 Å². The minimum absolute atomic E-state index is 0.0545. The van der Waals surface area contributed by atoms with Gasteiger partial charge in [-0.25, -0.2) is 9.98 Å². The number of ether oxygens (including phenoxy) is 1. The normalized spacial score (nSPS) is 15.5. The summed E-state index contributed by atoms with van der Waals surface area (Å²) in [5.74, 6) is 1.64. The second-order valence-corrected chi connectivity index (χ2v) is 8.80. The zero-order valence-electron chi connectivity index (χ0n) is 17.5. The maximum Gasteiger partial charge on any atom is 0.260 e. The fourth-order valence-electron chi connectivity index (χ4n) is 3.49. The Kier molecular flexibility index (Phi) is 5.91.